The lowest BCUT2D eigenvalue weighted by Crippen LogP contribution is -2.26. The second-order valence-corrected chi connectivity index (χ2v) is 10.6. The van der Waals surface area contributed by atoms with Crippen LogP contribution in [0.15, 0.2) is 83.2 Å². The highest BCUT2D eigenvalue weighted by atomic mass is 32.2. The van der Waals surface area contributed by atoms with E-state index in [1.807, 2.05) is 54.8 Å². The Morgan fingerprint density at radius 2 is 1.78 bits per heavy atom. The van der Waals surface area contributed by atoms with Crippen molar-refractivity contribution in [2.24, 2.45) is 0 Å². The SMILES string of the molecule is C[C@H](NC(=O)c1cn(Cc2ccccc2)nc1-c1cccs1)c1ccc(S(C)(=O)=O)cc1. The monoisotopic (exact) mass is 465 g/mol. The van der Waals surface area contributed by atoms with Gasteiger partial charge in [0.2, 0.25) is 0 Å². The van der Waals surface area contributed by atoms with E-state index in [0.29, 0.717) is 17.8 Å². The van der Waals surface area contributed by atoms with Gasteiger partial charge in [-0.3, -0.25) is 9.48 Å². The van der Waals surface area contributed by atoms with E-state index in [1.54, 1.807) is 35.1 Å². The Hall–Kier alpha value is -3.23. The first-order valence-corrected chi connectivity index (χ1v) is 12.8. The zero-order valence-corrected chi connectivity index (χ0v) is 19.4. The Balaban J connectivity index is 1.58. The van der Waals surface area contributed by atoms with Crippen molar-refractivity contribution in [1.29, 1.82) is 0 Å². The van der Waals surface area contributed by atoms with Gasteiger partial charge in [0.25, 0.3) is 5.91 Å². The van der Waals surface area contributed by atoms with Gasteiger partial charge in [-0.2, -0.15) is 5.10 Å². The number of amides is 1. The molecule has 0 saturated carbocycles. The second-order valence-electron chi connectivity index (χ2n) is 7.59. The van der Waals surface area contributed by atoms with Gasteiger partial charge in [0.1, 0.15) is 5.69 Å². The predicted molar refractivity (Wildman–Crippen MR) is 127 cm³/mol. The van der Waals surface area contributed by atoms with Crippen LogP contribution in [0.5, 0.6) is 0 Å². The fraction of sp³-hybridized carbons (Fsp3) is 0.167. The summed E-state index contributed by atoms with van der Waals surface area (Å²) in [5.74, 6) is -0.229. The van der Waals surface area contributed by atoms with Crippen molar-refractivity contribution < 1.29 is 13.2 Å². The van der Waals surface area contributed by atoms with Crippen LogP contribution in [0, 0.1) is 0 Å². The molecule has 8 heteroatoms. The standard InChI is InChI=1S/C24H23N3O3S2/c1-17(19-10-12-20(13-11-19)32(2,29)30)25-24(28)21-16-27(15-18-7-4-3-5-8-18)26-23(21)22-9-6-14-31-22/h3-14,16-17H,15H2,1-2H3,(H,25,28)/t17-/m0/s1. The molecule has 1 atom stereocenters. The molecule has 32 heavy (non-hydrogen) atoms. The Morgan fingerprint density at radius 3 is 2.41 bits per heavy atom. The number of hydrogen-bond acceptors (Lipinski definition) is 5. The van der Waals surface area contributed by atoms with Gasteiger partial charge in [-0.25, -0.2) is 8.42 Å². The number of thiophene rings is 1. The molecule has 1 N–H and O–H groups in total. The molecule has 0 aliphatic heterocycles. The topological polar surface area (TPSA) is 81.1 Å². The van der Waals surface area contributed by atoms with Gasteiger partial charge < -0.3 is 5.32 Å². The molecule has 2 aromatic carbocycles. The molecule has 0 spiro atoms. The molecule has 0 fully saturated rings. The van der Waals surface area contributed by atoms with Crippen LogP contribution in [-0.2, 0) is 16.4 Å². The van der Waals surface area contributed by atoms with Gasteiger partial charge >= 0.3 is 0 Å². The first kappa shape index (κ1) is 22.0. The maximum absolute atomic E-state index is 13.2. The van der Waals surface area contributed by atoms with Crippen LogP contribution >= 0.6 is 11.3 Å². The highest BCUT2D eigenvalue weighted by Crippen LogP contribution is 2.27. The van der Waals surface area contributed by atoms with Crippen LogP contribution in [-0.4, -0.2) is 30.4 Å². The van der Waals surface area contributed by atoms with Crippen molar-refractivity contribution in [3.63, 3.8) is 0 Å². The molecule has 0 saturated heterocycles. The molecule has 6 nitrogen and oxygen atoms in total. The molecule has 4 rings (SSSR count). The minimum Gasteiger partial charge on any atom is -0.345 e. The van der Waals surface area contributed by atoms with Crippen LogP contribution in [0.2, 0.25) is 0 Å². The summed E-state index contributed by atoms with van der Waals surface area (Å²) in [4.78, 5) is 14.4. The third-order valence-electron chi connectivity index (χ3n) is 5.10. The Morgan fingerprint density at radius 1 is 1.06 bits per heavy atom. The summed E-state index contributed by atoms with van der Waals surface area (Å²) in [7, 11) is -3.26. The maximum atomic E-state index is 13.2. The number of benzene rings is 2. The van der Waals surface area contributed by atoms with Crippen molar-refractivity contribution in [1.82, 2.24) is 15.1 Å². The van der Waals surface area contributed by atoms with E-state index < -0.39 is 9.84 Å². The van der Waals surface area contributed by atoms with E-state index in [0.717, 1.165) is 16.0 Å². The zero-order chi connectivity index (χ0) is 22.7. The molecule has 0 unspecified atom stereocenters. The molecule has 2 heterocycles. The Labute approximate surface area is 191 Å². The van der Waals surface area contributed by atoms with Crippen molar-refractivity contribution in [3.05, 3.63) is 95.0 Å². The normalized spacial score (nSPS) is 12.4. The number of sulfone groups is 1. The smallest absolute Gasteiger partial charge is 0.255 e. The van der Waals surface area contributed by atoms with Crippen molar-refractivity contribution >= 4 is 27.1 Å². The molecule has 164 valence electrons. The first-order chi connectivity index (χ1) is 15.3. The van der Waals surface area contributed by atoms with Crippen molar-refractivity contribution in [2.45, 2.75) is 24.4 Å². The van der Waals surface area contributed by atoms with E-state index >= 15 is 0 Å². The number of rotatable bonds is 7. The largest absolute Gasteiger partial charge is 0.345 e. The molecule has 0 aliphatic carbocycles. The maximum Gasteiger partial charge on any atom is 0.255 e. The summed E-state index contributed by atoms with van der Waals surface area (Å²) in [6.07, 6.45) is 2.95. The molecular weight excluding hydrogens is 442 g/mol. The lowest BCUT2D eigenvalue weighted by molar-refractivity contribution is 0.0940. The summed E-state index contributed by atoms with van der Waals surface area (Å²) in [5.41, 5.74) is 3.06. The van der Waals surface area contributed by atoms with Crippen LogP contribution in [0.3, 0.4) is 0 Å². The van der Waals surface area contributed by atoms with E-state index in [2.05, 4.69) is 10.4 Å². The number of carbonyl (C=O) groups excluding carboxylic acids is 1. The molecule has 4 aromatic rings. The van der Waals surface area contributed by atoms with Crippen LogP contribution in [0.1, 0.15) is 34.5 Å². The van der Waals surface area contributed by atoms with E-state index in [1.165, 1.54) is 17.6 Å². The number of carbonyl (C=O) groups is 1. The minimum atomic E-state index is -3.26. The van der Waals surface area contributed by atoms with Gasteiger partial charge in [0, 0.05) is 12.5 Å². The fourth-order valence-electron chi connectivity index (χ4n) is 3.40. The summed E-state index contributed by atoms with van der Waals surface area (Å²) < 4.78 is 25.1. The van der Waals surface area contributed by atoms with Crippen LogP contribution in [0.25, 0.3) is 10.6 Å². The zero-order valence-electron chi connectivity index (χ0n) is 17.7. The molecule has 0 bridgehead atoms. The molecule has 2 aromatic heterocycles. The number of aromatic nitrogens is 2. The van der Waals surface area contributed by atoms with E-state index in [-0.39, 0.29) is 16.8 Å². The highest BCUT2D eigenvalue weighted by Gasteiger charge is 2.21. The average Bonchev–Trinajstić information content (AvgIpc) is 3.44. The number of nitrogens with zero attached hydrogens (tertiary/aromatic N) is 2. The minimum absolute atomic E-state index is 0.229. The Kier molecular flexibility index (Phi) is 6.25. The van der Waals surface area contributed by atoms with Gasteiger partial charge in [-0.1, -0.05) is 48.5 Å². The van der Waals surface area contributed by atoms with Gasteiger partial charge in [0.15, 0.2) is 9.84 Å². The molecular formula is C24H23N3O3S2. The van der Waals surface area contributed by atoms with Crippen LogP contribution < -0.4 is 5.32 Å². The highest BCUT2D eigenvalue weighted by molar-refractivity contribution is 7.90. The average molecular weight is 466 g/mol. The third kappa shape index (κ3) is 4.98. The summed E-state index contributed by atoms with van der Waals surface area (Å²) in [5, 5.41) is 9.66. The lowest BCUT2D eigenvalue weighted by Gasteiger charge is -2.14. The summed E-state index contributed by atoms with van der Waals surface area (Å²) in [6, 6.07) is 20.1. The first-order valence-electron chi connectivity index (χ1n) is 10.1. The van der Waals surface area contributed by atoms with Gasteiger partial charge in [-0.05, 0) is 41.6 Å². The van der Waals surface area contributed by atoms with Gasteiger partial charge in [0.05, 0.1) is 27.9 Å². The lowest BCUT2D eigenvalue weighted by atomic mass is 10.1. The summed E-state index contributed by atoms with van der Waals surface area (Å²) >= 11 is 1.53. The van der Waals surface area contributed by atoms with Crippen molar-refractivity contribution in [3.8, 4) is 10.6 Å². The van der Waals surface area contributed by atoms with Gasteiger partial charge in [-0.15, -0.1) is 11.3 Å². The number of nitrogens with one attached hydrogen (secondary N) is 1. The molecule has 0 radical (unpaired) electrons. The quantitative estimate of drug-likeness (QED) is 0.434. The molecule has 1 amide bonds. The van der Waals surface area contributed by atoms with E-state index in [9.17, 15) is 13.2 Å². The summed E-state index contributed by atoms with van der Waals surface area (Å²) in [6.45, 7) is 2.43. The third-order valence-corrected chi connectivity index (χ3v) is 7.11. The fourth-order valence-corrected chi connectivity index (χ4v) is 4.75. The van der Waals surface area contributed by atoms with Crippen LogP contribution in [0.4, 0.5) is 0 Å². The second kappa shape index (κ2) is 9.10. The predicted octanol–water partition coefficient (Wildman–Crippen LogP) is 4.55. The van der Waals surface area contributed by atoms with Crippen molar-refractivity contribution in [2.75, 3.05) is 6.26 Å². The Bertz CT molecular complexity index is 1310. The molecule has 0 aliphatic rings. The van der Waals surface area contributed by atoms with E-state index in [4.69, 9.17) is 0 Å². The number of hydrogen-bond donors (Lipinski definition) is 1.